The van der Waals surface area contributed by atoms with E-state index in [9.17, 15) is 8.78 Å². The third-order valence-corrected chi connectivity index (χ3v) is 5.15. The predicted octanol–water partition coefficient (Wildman–Crippen LogP) is 3.12. The SMILES string of the molecule is CCNC(=NCCc1ccc(OC)c(OC(F)F)c1)NC1CN(C(C)C)CC1C. The van der Waals surface area contributed by atoms with E-state index in [0.29, 0.717) is 31.0 Å². The van der Waals surface area contributed by atoms with E-state index in [2.05, 4.69) is 46.0 Å². The van der Waals surface area contributed by atoms with Crippen LogP contribution in [0.1, 0.15) is 33.3 Å². The number of benzene rings is 1. The molecule has 1 aromatic rings. The van der Waals surface area contributed by atoms with Crippen molar-refractivity contribution in [2.45, 2.75) is 52.8 Å². The van der Waals surface area contributed by atoms with Crippen molar-refractivity contribution in [2.24, 2.45) is 10.9 Å². The minimum atomic E-state index is -2.89. The third kappa shape index (κ3) is 7.03. The van der Waals surface area contributed by atoms with Crippen LogP contribution in [0, 0.1) is 5.92 Å². The van der Waals surface area contributed by atoms with Crippen molar-refractivity contribution in [3.05, 3.63) is 23.8 Å². The fraction of sp³-hybridized carbons (Fsp3) is 0.667. The molecule has 0 saturated carbocycles. The molecule has 2 unspecified atom stereocenters. The zero-order valence-corrected chi connectivity index (χ0v) is 18.0. The van der Waals surface area contributed by atoms with Crippen molar-refractivity contribution in [2.75, 3.05) is 33.3 Å². The van der Waals surface area contributed by atoms with Gasteiger partial charge in [0, 0.05) is 38.3 Å². The Labute approximate surface area is 172 Å². The number of halogens is 2. The molecular formula is C21H34F2N4O2. The Balaban J connectivity index is 1.98. The summed E-state index contributed by atoms with van der Waals surface area (Å²) in [7, 11) is 1.43. The molecule has 0 aromatic heterocycles. The molecule has 6 nitrogen and oxygen atoms in total. The lowest BCUT2D eigenvalue weighted by atomic mass is 10.1. The van der Waals surface area contributed by atoms with Crippen molar-refractivity contribution in [3.8, 4) is 11.5 Å². The Bertz CT molecular complexity index is 670. The first kappa shape index (κ1) is 23.2. The van der Waals surface area contributed by atoms with Gasteiger partial charge < -0.3 is 20.1 Å². The molecule has 164 valence electrons. The highest BCUT2D eigenvalue weighted by atomic mass is 19.3. The number of hydrogen-bond acceptors (Lipinski definition) is 4. The molecular weight excluding hydrogens is 378 g/mol. The van der Waals surface area contributed by atoms with E-state index in [1.165, 1.54) is 7.11 Å². The van der Waals surface area contributed by atoms with Crippen LogP contribution in [0.2, 0.25) is 0 Å². The fourth-order valence-corrected chi connectivity index (χ4v) is 3.47. The van der Waals surface area contributed by atoms with E-state index in [1.807, 2.05) is 13.0 Å². The average Bonchev–Trinajstić information content (AvgIpc) is 3.02. The van der Waals surface area contributed by atoms with Gasteiger partial charge in [0.2, 0.25) is 0 Å². The minimum Gasteiger partial charge on any atom is -0.493 e. The number of nitrogens with one attached hydrogen (secondary N) is 2. The molecule has 1 saturated heterocycles. The Hall–Kier alpha value is -2.09. The second-order valence-corrected chi connectivity index (χ2v) is 7.65. The number of likely N-dealkylation sites (tertiary alicyclic amines) is 1. The maximum atomic E-state index is 12.6. The Morgan fingerprint density at radius 1 is 1.28 bits per heavy atom. The second-order valence-electron chi connectivity index (χ2n) is 7.65. The first-order valence-corrected chi connectivity index (χ1v) is 10.2. The van der Waals surface area contributed by atoms with Crippen molar-refractivity contribution in [1.82, 2.24) is 15.5 Å². The molecule has 1 fully saturated rings. The maximum Gasteiger partial charge on any atom is 0.387 e. The lowest BCUT2D eigenvalue weighted by Crippen LogP contribution is -2.46. The summed E-state index contributed by atoms with van der Waals surface area (Å²) in [5.41, 5.74) is 0.862. The summed E-state index contributed by atoms with van der Waals surface area (Å²) in [5, 5.41) is 6.84. The molecule has 1 heterocycles. The van der Waals surface area contributed by atoms with Gasteiger partial charge in [0.25, 0.3) is 0 Å². The summed E-state index contributed by atoms with van der Waals surface area (Å²) >= 11 is 0. The zero-order chi connectivity index (χ0) is 21.4. The molecule has 0 aliphatic carbocycles. The van der Waals surface area contributed by atoms with Gasteiger partial charge in [0.05, 0.1) is 7.11 Å². The number of aliphatic imine (C=N–C) groups is 1. The maximum absolute atomic E-state index is 12.6. The topological polar surface area (TPSA) is 58.1 Å². The first-order chi connectivity index (χ1) is 13.8. The summed E-state index contributed by atoms with van der Waals surface area (Å²) in [4.78, 5) is 7.13. The monoisotopic (exact) mass is 412 g/mol. The number of methoxy groups -OCH3 is 1. The zero-order valence-electron chi connectivity index (χ0n) is 18.0. The van der Waals surface area contributed by atoms with Gasteiger partial charge in [-0.2, -0.15) is 8.78 Å². The summed E-state index contributed by atoms with van der Waals surface area (Å²) in [6.45, 7) is 9.22. The second kappa shape index (κ2) is 11.2. The molecule has 1 aliphatic rings. The number of rotatable bonds is 9. The highest BCUT2D eigenvalue weighted by Crippen LogP contribution is 2.29. The van der Waals surface area contributed by atoms with Crippen LogP contribution in [0.4, 0.5) is 8.78 Å². The number of alkyl halides is 2. The highest BCUT2D eigenvalue weighted by Gasteiger charge is 2.31. The molecule has 1 aromatic carbocycles. The largest absolute Gasteiger partial charge is 0.493 e. The van der Waals surface area contributed by atoms with Crippen LogP contribution in [0.5, 0.6) is 11.5 Å². The quantitative estimate of drug-likeness (QED) is 0.482. The van der Waals surface area contributed by atoms with Crippen molar-refractivity contribution in [3.63, 3.8) is 0 Å². The Morgan fingerprint density at radius 3 is 2.62 bits per heavy atom. The summed E-state index contributed by atoms with van der Waals surface area (Å²) in [5.74, 6) is 1.66. The van der Waals surface area contributed by atoms with Crippen molar-refractivity contribution >= 4 is 5.96 Å². The van der Waals surface area contributed by atoms with E-state index >= 15 is 0 Å². The molecule has 0 spiro atoms. The minimum absolute atomic E-state index is 0.0440. The van der Waals surface area contributed by atoms with E-state index in [1.54, 1.807) is 12.1 Å². The molecule has 0 amide bonds. The standard InChI is InChI=1S/C21H34F2N4O2/c1-6-24-21(26-17-13-27(14(2)3)12-15(17)4)25-10-9-16-7-8-18(28-5)19(11-16)29-20(22)23/h7-8,11,14-15,17,20H,6,9-10,12-13H2,1-5H3,(H2,24,25,26). The first-order valence-electron chi connectivity index (χ1n) is 10.2. The number of nitrogens with zero attached hydrogens (tertiary/aromatic N) is 2. The number of guanidine groups is 1. The molecule has 0 bridgehead atoms. The van der Waals surface area contributed by atoms with E-state index in [0.717, 1.165) is 31.2 Å². The average molecular weight is 413 g/mol. The number of hydrogen-bond donors (Lipinski definition) is 2. The van der Waals surface area contributed by atoms with Crippen LogP contribution >= 0.6 is 0 Å². The van der Waals surface area contributed by atoms with E-state index in [-0.39, 0.29) is 11.5 Å². The number of ether oxygens (including phenoxy) is 2. The molecule has 2 N–H and O–H groups in total. The Kier molecular flexibility index (Phi) is 8.95. The molecule has 1 aliphatic heterocycles. The van der Waals surface area contributed by atoms with Gasteiger partial charge >= 0.3 is 6.61 Å². The third-order valence-electron chi connectivity index (χ3n) is 5.15. The highest BCUT2D eigenvalue weighted by molar-refractivity contribution is 5.80. The normalized spacial score (nSPS) is 20.4. The lowest BCUT2D eigenvalue weighted by molar-refractivity contribution is -0.0512. The van der Waals surface area contributed by atoms with Crippen LogP contribution < -0.4 is 20.1 Å². The molecule has 29 heavy (non-hydrogen) atoms. The predicted molar refractivity (Wildman–Crippen MR) is 112 cm³/mol. The molecule has 8 heteroatoms. The Morgan fingerprint density at radius 2 is 2.03 bits per heavy atom. The fourth-order valence-electron chi connectivity index (χ4n) is 3.47. The van der Waals surface area contributed by atoms with Gasteiger partial charge in [-0.3, -0.25) is 9.89 Å². The molecule has 2 atom stereocenters. The summed E-state index contributed by atoms with van der Waals surface area (Å²) in [6.07, 6.45) is 0.610. The lowest BCUT2D eigenvalue weighted by Gasteiger charge is -2.22. The summed E-state index contributed by atoms with van der Waals surface area (Å²) < 4.78 is 34.8. The van der Waals surface area contributed by atoms with Gasteiger partial charge in [-0.25, -0.2) is 0 Å². The van der Waals surface area contributed by atoms with Gasteiger partial charge in [-0.1, -0.05) is 13.0 Å². The van der Waals surface area contributed by atoms with Gasteiger partial charge in [-0.15, -0.1) is 0 Å². The van der Waals surface area contributed by atoms with Crippen molar-refractivity contribution < 1.29 is 18.3 Å². The van der Waals surface area contributed by atoms with Gasteiger partial charge in [0.1, 0.15) is 0 Å². The van der Waals surface area contributed by atoms with Crippen LogP contribution in [0.15, 0.2) is 23.2 Å². The van der Waals surface area contributed by atoms with Crippen LogP contribution in [-0.4, -0.2) is 62.8 Å². The van der Waals surface area contributed by atoms with Crippen molar-refractivity contribution in [1.29, 1.82) is 0 Å². The van der Waals surface area contributed by atoms with E-state index in [4.69, 9.17) is 4.74 Å². The summed E-state index contributed by atoms with van der Waals surface area (Å²) in [6, 6.07) is 5.94. The van der Waals surface area contributed by atoms with Gasteiger partial charge in [0.15, 0.2) is 17.5 Å². The van der Waals surface area contributed by atoms with Crippen LogP contribution in [0.25, 0.3) is 0 Å². The van der Waals surface area contributed by atoms with Gasteiger partial charge in [-0.05, 0) is 50.8 Å². The van der Waals surface area contributed by atoms with E-state index < -0.39 is 6.61 Å². The molecule has 0 radical (unpaired) electrons. The smallest absolute Gasteiger partial charge is 0.387 e. The van der Waals surface area contributed by atoms with Crippen LogP contribution in [-0.2, 0) is 6.42 Å². The van der Waals surface area contributed by atoms with Crippen LogP contribution in [0.3, 0.4) is 0 Å². The molecule has 2 rings (SSSR count).